The highest BCUT2D eigenvalue weighted by Gasteiger charge is 2.24. The van der Waals surface area contributed by atoms with E-state index in [0.717, 1.165) is 0 Å². The number of rotatable bonds is 4. The van der Waals surface area contributed by atoms with Gasteiger partial charge in [-0.1, -0.05) is 11.6 Å². The molecular weight excluding hydrogens is 336 g/mol. The van der Waals surface area contributed by atoms with Crippen molar-refractivity contribution in [3.63, 3.8) is 0 Å². The molecule has 0 fully saturated rings. The minimum absolute atomic E-state index is 0.170. The van der Waals surface area contributed by atoms with Gasteiger partial charge in [-0.2, -0.15) is 0 Å². The second-order valence-electron chi connectivity index (χ2n) is 4.66. The molecule has 0 bridgehead atoms. The fourth-order valence-electron chi connectivity index (χ4n) is 1.48. The van der Waals surface area contributed by atoms with Crippen LogP contribution in [0.4, 0.5) is 10.5 Å². The molecule has 1 rings (SSSR count). The molecule has 0 saturated carbocycles. The quantitative estimate of drug-likeness (QED) is 0.778. The number of aliphatic carboxylic acids is 1. The summed E-state index contributed by atoms with van der Waals surface area (Å²) in [4.78, 5) is 22.5. The first-order chi connectivity index (χ1) is 8.69. The predicted molar refractivity (Wildman–Crippen MR) is 77.6 cm³/mol. The van der Waals surface area contributed by atoms with Crippen LogP contribution in [0.2, 0.25) is 5.02 Å². The van der Waals surface area contributed by atoms with Gasteiger partial charge >= 0.3 is 12.0 Å². The molecule has 0 heterocycles. The van der Waals surface area contributed by atoms with Gasteiger partial charge in [0.05, 0.1) is 12.1 Å². The number of anilines is 1. The second kappa shape index (κ2) is 6.25. The van der Waals surface area contributed by atoms with E-state index in [4.69, 9.17) is 16.7 Å². The van der Waals surface area contributed by atoms with Gasteiger partial charge in [0.2, 0.25) is 0 Å². The largest absolute Gasteiger partial charge is 0.481 e. The highest BCUT2D eigenvalue weighted by molar-refractivity contribution is 9.10. The first kappa shape index (κ1) is 15.8. The zero-order valence-electron chi connectivity index (χ0n) is 10.5. The van der Waals surface area contributed by atoms with E-state index in [9.17, 15) is 9.59 Å². The van der Waals surface area contributed by atoms with Crippen LogP contribution in [-0.2, 0) is 4.79 Å². The Morgan fingerprint density at radius 1 is 1.42 bits per heavy atom. The summed E-state index contributed by atoms with van der Waals surface area (Å²) in [6, 6.07) is 4.49. The maximum Gasteiger partial charge on any atom is 0.319 e. The third-order valence-electron chi connectivity index (χ3n) is 2.22. The summed E-state index contributed by atoms with van der Waals surface area (Å²) in [5, 5.41) is 14.4. The molecule has 0 aliphatic carbocycles. The van der Waals surface area contributed by atoms with E-state index >= 15 is 0 Å². The van der Waals surface area contributed by atoms with E-state index in [1.165, 1.54) is 0 Å². The van der Waals surface area contributed by atoms with Gasteiger partial charge in [-0.3, -0.25) is 4.79 Å². The van der Waals surface area contributed by atoms with Gasteiger partial charge in [0.15, 0.2) is 0 Å². The molecule has 0 aromatic heterocycles. The molecule has 0 aliphatic rings. The number of hydrogen-bond acceptors (Lipinski definition) is 2. The molecule has 104 valence electrons. The van der Waals surface area contributed by atoms with Crippen molar-refractivity contribution in [3.8, 4) is 0 Å². The Bertz CT molecular complexity index is 506. The number of carboxylic acid groups (broad SMARTS) is 1. The van der Waals surface area contributed by atoms with Crippen molar-refractivity contribution in [2.24, 2.45) is 0 Å². The fourth-order valence-corrected chi connectivity index (χ4v) is 1.99. The van der Waals surface area contributed by atoms with Crippen LogP contribution in [0.5, 0.6) is 0 Å². The summed E-state index contributed by atoms with van der Waals surface area (Å²) in [6.45, 7) is 3.27. The van der Waals surface area contributed by atoms with Crippen molar-refractivity contribution in [3.05, 3.63) is 27.7 Å². The lowest BCUT2D eigenvalue weighted by Gasteiger charge is -2.24. The maximum absolute atomic E-state index is 11.8. The normalized spacial score (nSPS) is 10.9. The van der Waals surface area contributed by atoms with Crippen LogP contribution in [0.3, 0.4) is 0 Å². The number of carbonyl (C=O) groups excluding carboxylic acids is 1. The van der Waals surface area contributed by atoms with Gasteiger partial charge in [-0.05, 0) is 48.0 Å². The molecule has 0 atom stereocenters. The lowest BCUT2D eigenvalue weighted by Crippen LogP contribution is -2.46. The summed E-state index contributed by atoms with van der Waals surface area (Å²) in [7, 11) is 0. The first-order valence-corrected chi connectivity index (χ1v) is 6.63. The minimum atomic E-state index is -0.978. The first-order valence-electron chi connectivity index (χ1n) is 5.45. The van der Waals surface area contributed by atoms with Gasteiger partial charge in [0.1, 0.15) is 0 Å². The SMILES string of the molecule is CC(C)(CC(=O)O)NC(=O)Nc1cc(Cl)ccc1Br. The standard InChI is InChI=1S/C12H14BrClN2O3/c1-12(2,6-10(17)18)16-11(19)15-9-5-7(14)3-4-8(9)13/h3-5H,6H2,1-2H3,(H,17,18)(H2,15,16,19). The summed E-state index contributed by atoms with van der Waals surface area (Å²) in [6.07, 6.45) is -0.170. The molecular formula is C12H14BrClN2O3. The molecule has 19 heavy (non-hydrogen) atoms. The highest BCUT2D eigenvalue weighted by atomic mass is 79.9. The topological polar surface area (TPSA) is 78.4 Å². The van der Waals surface area contributed by atoms with Crippen LogP contribution in [0, 0.1) is 0 Å². The van der Waals surface area contributed by atoms with Crippen LogP contribution < -0.4 is 10.6 Å². The molecule has 2 amide bonds. The van der Waals surface area contributed by atoms with Crippen molar-refractivity contribution < 1.29 is 14.7 Å². The average molecular weight is 350 g/mol. The summed E-state index contributed by atoms with van der Waals surface area (Å²) in [5.41, 5.74) is -0.336. The molecule has 3 N–H and O–H groups in total. The highest BCUT2D eigenvalue weighted by Crippen LogP contribution is 2.25. The zero-order valence-corrected chi connectivity index (χ0v) is 12.8. The van der Waals surface area contributed by atoms with E-state index < -0.39 is 17.5 Å². The Labute approximate surface area is 124 Å². The summed E-state index contributed by atoms with van der Waals surface area (Å²) in [5.74, 6) is -0.978. The number of halogens is 2. The van der Waals surface area contributed by atoms with E-state index in [2.05, 4.69) is 26.6 Å². The zero-order chi connectivity index (χ0) is 14.6. The van der Waals surface area contributed by atoms with E-state index in [1.807, 2.05) is 0 Å². The molecule has 7 heteroatoms. The molecule has 0 spiro atoms. The molecule has 1 aromatic carbocycles. The minimum Gasteiger partial charge on any atom is -0.481 e. The lowest BCUT2D eigenvalue weighted by atomic mass is 10.0. The number of urea groups is 1. The average Bonchev–Trinajstić information content (AvgIpc) is 2.20. The van der Waals surface area contributed by atoms with Crippen LogP contribution in [-0.4, -0.2) is 22.6 Å². The number of benzene rings is 1. The van der Waals surface area contributed by atoms with E-state index in [0.29, 0.717) is 15.2 Å². The Morgan fingerprint density at radius 3 is 2.63 bits per heavy atom. The Morgan fingerprint density at radius 2 is 2.05 bits per heavy atom. The molecule has 0 unspecified atom stereocenters. The third-order valence-corrected chi connectivity index (χ3v) is 3.15. The van der Waals surface area contributed by atoms with Gasteiger partial charge in [-0.25, -0.2) is 4.79 Å². The Hall–Kier alpha value is -1.27. The summed E-state index contributed by atoms with van der Waals surface area (Å²) >= 11 is 9.12. The monoisotopic (exact) mass is 348 g/mol. The molecule has 0 saturated heterocycles. The molecule has 0 aliphatic heterocycles. The van der Waals surface area contributed by atoms with Crippen LogP contribution >= 0.6 is 27.5 Å². The van der Waals surface area contributed by atoms with Crippen LogP contribution in [0.1, 0.15) is 20.3 Å². The third kappa shape index (κ3) is 5.48. The maximum atomic E-state index is 11.8. The molecule has 5 nitrogen and oxygen atoms in total. The van der Waals surface area contributed by atoms with Gasteiger partial charge in [0, 0.05) is 15.0 Å². The van der Waals surface area contributed by atoms with Crippen molar-refractivity contribution in [2.75, 3.05) is 5.32 Å². The Kier molecular flexibility index (Phi) is 5.20. The van der Waals surface area contributed by atoms with Crippen molar-refractivity contribution in [1.82, 2.24) is 5.32 Å². The number of amides is 2. The van der Waals surface area contributed by atoms with E-state index in [1.54, 1.807) is 32.0 Å². The molecule has 0 radical (unpaired) electrons. The number of carbonyl (C=O) groups is 2. The van der Waals surface area contributed by atoms with E-state index in [-0.39, 0.29) is 6.42 Å². The predicted octanol–water partition coefficient (Wildman–Crippen LogP) is 3.48. The smallest absolute Gasteiger partial charge is 0.319 e. The number of hydrogen-bond donors (Lipinski definition) is 3. The Balaban J connectivity index is 2.70. The second-order valence-corrected chi connectivity index (χ2v) is 5.95. The van der Waals surface area contributed by atoms with Crippen LogP contribution in [0.25, 0.3) is 0 Å². The van der Waals surface area contributed by atoms with Crippen molar-refractivity contribution in [1.29, 1.82) is 0 Å². The van der Waals surface area contributed by atoms with Crippen LogP contribution in [0.15, 0.2) is 22.7 Å². The van der Waals surface area contributed by atoms with Gasteiger partial charge < -0.3 is 15.7 Å². The number of nitrogens with one attached hydrogen (secondary N) is 2. The number of carboxylic acids is 1. The van der Waals surface area contributed by atoms with Crippen molar-refractivity contribution >= 4 is 45.2 Å². The lowest BCUT2D eigenvalue weighted by molar-refractivity contribution is -0.138. The summed E-state index contributed by atoms with van der Waals surface area (Å²) < 4.78 is 0.683. The van der Waals surface area contributed by atoms with Gasteiger partial charge in [0.25, 0.3) is 0 Å². The van der Waals surface area contributed by atoms with Crippen molar-refractivity contribution in [2.45, 2.75) is 25.8 Å². The van der Waals surface area contributed by atoms with Gasteiger partial charge in [-0.15, -0.1) is 0 Å². The fraction of sp³-hybridized carbons (Fsp3) is 0.333. The molecule has 1 aromatic rings.